The maximum atomic E-state index is 12.7. The van der Waals surface area contributed by atoms with Gasteiger partial charge in [-0.15, -0.1) is 0 Å². The number of carbonyl (C=O) groups is 1. The van der Waals surface area contributed by atoms with Crippen molar-refractivity contribution < 1.29 is 4.79 Å². The molecule has 0 aliphatic carbocycles. The summed E-state index contributed by atoms with van der Waals surface area (Å²) in [5, 5.41) is 0. The molecule has 23 heavy (non-hydrogen) atoms. The number of hydrogen-bond acceptors (Lipinski definition) is 3. The Morgan fingerprint density at radius 3 is 2.43 bits per heavy atom. The van der Waals surface area contributed by atoms with Gasteiger partial charge in [-0.05, 0) is 12.0 Å². The van der Waals surface area contributed by atoms with Gasteiger partial charge < -0.3 is 10.6 Å². The molecular weight excluding hydrogens is 286 g/mol. The number of fused-ring (bicyclic) bond motifs is 1. The first kappa shape index (κ1) is 15.4. The molecule has 1 heterocycles. The number of anilines is 1. The smallest absolute Gasteiger partial charge is 0.266 e. The summed E-state index contributed by atoms with van der Waals surface area (Å²) < 4.78 is 0. The van der Waals surface area contributed by atoms with Crippen LogP contribution in [0.2, 0.25) is 0 Å². The summed E-state index contributed by atoms with van der Waals surface area (Å²) >= 11 is 0. The van der Waals surface area contributed by atoms with Crippen molar-refractivity contribution in [1.82, 2.24) is 0 Å². The van der Waals surface area contributed by atoms with Crippen molar-refractivity contribution in [1.29, 1.82) is 0 Å². The van der Waals surface area contributed by atoms with Gasteiger partial charge in [0.05, 0.1) is 11.4 Å². The summed E-state index contributed by atoms with van der Waals surface area (Å²) in [4.78, 5) is 19.0. The SMILES string of the molecule is CC(C)CN1C(=O)[C@H](N)N=C(c2ccccc2)c2ccccc21. The van der Waals surface area contributed by atoms with Crippen LogP contribution in [0, 0.1) is 5.92 Å². The quantitative estimate of drug-likeness (QED) is 0.948. The van der Waals surface area contributed by atoms with Crippen molar-refractivity contribution in [3.05, 3.63) is 65.7 Å². The van der Waals surface area contributed by atoms with E-state index in [1.165, 1.54) is 0 Å². The minimum atomic E-state index is -0.878. The molecule has 2 N–H and O–H groups in total. The zero-order valence-electron chi connectivity index (χ0n) is 13.4. The van der Waals surface area contributed by atoms with E-state index in [-0.39, 0.29) is 5.91 Å². The second kappa shape index (κ2) is 6.34. The molecule has 0 aromatic heterocycles. The fraction of sp³-hybridized carbons (Fsp3) is 0.263. The van der Waals surface area contributed by atoms with Gasteiger partial charge in [-0.2, -0.15) is 0 Å². The number of amides is 1. The number of rotatable bonds is 3. The average molecular weight is 307 g/mol. The van der Waals surface area contributed by atoms with E-state index in [0.717, 1.165) is 22.5 Å². The Bertz CT molecular complexity index is 737. The molecule has 4 heteroatoms. The summed E-state index contributed by atoms with van der Waals surface area (Å²) in [6.07, 6.45) is -0.878. The highest BCUT2D eigenvalue weighted by Crippen LogP contribution is 2.28. The van der Waals surface area contributed by atoms with E-state index < -0.39 is 6.17 Å². The van der Waals surface area contributed by atoms with Gasteiger partial charge in [0.2, 0.25) is 0 Å². The van der Waals surface area contributed by atoms with E-state index in [1.807, 2.05) is 54.6 Å². The molecule has 2 aromatic carbocycles. The Labute approximate surface area is 136 Å². The van der Waals surface area contributed by atoms with Crippen LogP contribution < -0.4 is 10.6 Å². The lowest BCUT2D eigenvalue weighted by molar-refractivity contribution is -0.119. The molecule has 4 nitrogen and oxygen atoms in total. The van der Waals surface area contributed by atoms with Crippen LogP contribution in [0.3, 0.4) is 0 Å². The van der Waals surface area contributed by atoms with Gasteiger partial charge in [0.25, 0.3) is 5.91 Å². The molecule has 1 aliphatic heterocycles. The van der Waals surface area contributed by atoms with Gasteiger partial charge in [0.1, 0.15) is 0 Å². The van der Waals surface area contributed by atoms with E-state index >= 15 is 0 Å². The lowest BCUT2D eigenvalue weighted by Gasteiger charge is -2.26. The first-order valence-corrected chi connectivity index (χ1v) is 7.87. The molecule has 0 spiro atoms. The molecule has 2 aromatic rings. The number of carbonyl (C=O) groups excluding carboxylic acids is 1. The number of hydrogen-bond donors (Lipinski definition) is 1. The third-order valence-corrected chi connectivity index (χ3v) is 3.83. The molecule has 3 rings (SSSR count). The van der Waals surface area contributed by atoms with E-state index in [9.17, 15) is 4.79 Å². The van der Waals surface area contributed by atoms with Crippen LogP contribution in [-0.4, -0.2) is 24.3 Å². The zero-order valence-corrected chi connectivity index (χ0v) is 13.4. The highest BCUT2D eigenvalue weighted by molar-refractivity contribution is 6.20. The number of para-hydroxylation sites is 1. The second-order valence-corrected chi connectivity index (χ2v) is 6.15. The average Bonchev–Trinajstić information content (AvgIpc) is 2.66. The predicted molar refractivity (Wildman–Crippen MR) is 93.7 cm³/mol. The van der Waals surface area contributed by atoms with Gasteiger partial charge in [-0.25, -0.2) is 0 Å². The molecule has 0 fully saturated rings. The zero-order chi connectivity index (χ0) is 16.4. The van der Waals surface area contributed by atoms with Crippen LogP contribution in [0.5, 0.6) is 0 Å². The number of benzene rings is 2. The number of aliphatic imine (C=N–C) groups is 1. The van der Waals surface area contributed by atoms with Crippen LogP contribution in [0.15, 0.2) is 59.6 Å². The molecule has 1 amide bonds. The summed E-state index contributed by atoms with van der Waals surface area (Å²) in [5.74, 6) is 0.189. The topological polar surface area (TPSA) is 58.7 Å². The minimum absolute atomic E-state index is 0.155. The Kier molecular flexibility index (Phi) is 4.26. The van der Waals surface area contributed by atoms with Crippen LogP contribution in [0.1, 0.15) is 25.0 Å². The van der Waals surface area contributed by atoms with Crippen molar-refractivity contribution in [3.8, 4) is 0 Å². The van der Waals surface area contributed by atoms with Crippen molar-refractivity contribution in [2.45, 2.75) is 20.0 Å². The molecule has 1 aliphatic rings. The van der Waals surface area contributed by atoms with Crippen LogP contribution in [0.4, 0.5) is 5.69 Å². The maximum Gasteiger partial charge on any atom is 0.266 e. The third-order valence-electron chi connectivity index (χ3n) is 3.83. The molecule has 0 radical (unpaired) electrons. The highest BCUT2D eigenvalue weighted by Gasteiger charge is 2.29. The summed E-state index contributed by atoms with van der Waals surface area (Å²) in [5.41, 5.74) is 9.63. The van der Waals surface area contributed by atoms with Crippen LogP contribution in [0.25, 0.3) is 0 Å². The molecule has 0 bridgehead atoms. The number of nitrogens with two attached hydrogens (primary N) is 1. The van der Waals surface area contributed by atoms with E-state index in [4.69, 9.17) is 5.73 Å². The second-order valence-electron chi connectivity index (χ2n) is 6.15. The van der Waals surface area contributed by atoms with Crippen molar-refractivity contribution in [2.75, 3.05) is 11.4 Å². The predicted octanol–water partition coefficient (Wildman–Crippen LogP) is 2.81. The van der Waals surface area contributed by atoms with E-state index in [2.05, 4.69) is 18.8 Å². The highest BCUT2D eigenvalue weighted by atomic mass is 16.2. The lowest BCUT2D eigenvalue weighted by atomic mass is 10.00. The Morgan fingerprint density at radius 1 is 1.09 bits per heavy atom. The molecule has 1 atom stereocenters. The molecule has 0 saturated heterocycles. The van der Waals surface area contributed by atoms with E-state index in [0.29, 0.717) is 12.5 Å². The summed E-state index contributed by atoms with van der Waals surface area (Å²) in [6, 6.07) is 17.7. The number of nitrogens with zero attached hydrogens (tertiary/aromatic N) is 2. The fourth-order valence-corrected chi connectivity index (χ4v) is 2.83. The minimum Gasteiger partial charge on any atom is -0.308 e. The Hall–Kier alpha value is -2.46. The monoisotopic (exact) mass is 307 g/mol. The number of benzodiazepines with no additional fused rings is 1. The third kappa shape index (κ3) is 3.03. The van der Waals surface area contributed by atoms with Gasteiger partial charge in [0, 0.05) is 17.7 Å². The van der Waals surface area contributed by atoms with Crippen molar-refractivity contribution in [3.63, 3.8) is 0 Å². The first-order chi connectivity index (χ1) is 11.1. The summed E-state index contributed by atoms with van der Waals surface area (Å²) in [6.45, 7) is 4.80. The standard InChI is InChI=1S/C19H21N3O/c1-13(2)12-22-16-11-7-6-10-15(16)17(21-18(20)19(22)23)14-8-4-3-5-9-14/h3-11,13,18H,12,20H2,1-2H3/t18-/m1/s1. The van der Waals surface area contributed by atoms with Crippen molar-refractivity contribution in [2.24, 2.45) is 16.6 Å². The molecule has 118 valence electrons. The maximum absolute atomic E-state index is 12.7. The fourth-order valence-electron chi connectivity index (χ4n) is 2.83. The van der Waals surface area contributed by atoms with Gasteiger partial charge in [0.15, 0.2) is 6.17 Å². The normalized spacial score (nSPS) is 17.7. The van der Waals surface area contributed by atoms with Crippen LogP contribution in [-0.2, 0) is 4.79 Å². The van der Waals surface area contributed by atoms with Gasteiger partial charge in [-0.3, -0.25) is 9.79 Å². The molecule has 0 saturated carbocycles. The Balaban J connectivity index is 2.18. The largest absolute Gasteiger partial charge is 0.308 e. The lowest BCUT2D eigenvalue weighted by Crippen LogP contribution is -2.43. The summed E-state index contributed by atoms with van der Waals surface area (Å²) in [7, 11) is 0. The van der Waals surface area contributed by atoms with E-state index in [1.54, 1.807) is 4.90 Å². The van der Waals surface area contributed by atoms with Crippen molar-refractivity contribution >= 4 is 17.3 Å². The van der Waals surface area contributed by atoms with Gasteiger partial charge >= 0.3 is 0 Å². The van der Waals surface area contributed by atoms with Gasteiger partial charge in [-0.1, -0.05) is 62.4 Å². The molecule has 0 unspecified atom stereocenters. The molecular formula is C19H21N3O. The Morgan fingerprint density at radius 2 is 1.74 bits per heavy atom. The first-order valence-electron chi connectivity index (χ1n) is 7.87. The van der Waals surface area contributed by atoms with Crippen LogP contribution >= 0.6 is 0 Å².